The third-order valence-corrected chi connectivity index (χ3v) is 4.51. The summed E-state index contributed by atoms with van der Waals surface area (Å²) in [7, 11) is 1.80. The maximum Gasteiger partial charge on any atom is 0.281 e. The van der Waals surface area contributed by atoms with Crippen LogP contribution in [0.25, 0.3) is 0 Å². The van der Waals surface area contributed by atoms with Gasteiger partial charge < -0.3 is 5.32 Å². The minimum Gasteiger partial charge on any atom is -0.320 e. The molecule has 0 aromatic carbocycles. The zero-order valence-electron chi connectivity index (χ0n) is 11.1. The van der Waals surface area contributed by atoms with Gasteiger partial charge in [-0.3, -0.25) is 0 Å². The van der Waals surface area contributed by atoms with Crippen LogP contribution in [0.4, 0.5) is 0 Å². The van der Waals surface area contributed by atoms with Gasteiger partial charge in [0, 0.05) is 27.2 Å². The zero-order chi connectivity index (χ0) is 13.3. The van der Waals surface area contributed by atoms with Crippen LogP contribution in [-0.2, 0) is 10.2 Å². The van der Waals surface area contributed by atoms with E-state index in [1.54, 1.807) is 20.2 Å². The lowest BCUT2D eigenvalue weighted by Gasteiger charge is -2.24. The monoisotopic (exact) mass is 263 g/mol. The van der Waals surface area contributed by atoms with E-state index in [1.807, 2.05) is 7.05 Å². The largest absolute Gasteiger partial charge is 0.320 e. The van der Waals surface area contributed by atoms with E-state index in [-0.39, 0.29) is 0 Å². The summed E-state index contributed by atoms with van der Waals surface area (Å²) in [6.07, 6.45) is 4.26. The topological polar surface area (TPSA) is 52.7 Å². The molecule has 0 aliphatic carbocycles. The molecule has 0 atom stereocenters. The van der Waals surface area contributed by atoms with Gasteiger partial charge in [-0.05, 0) is 32.9 Å². The van der Waals surface area contributed by atoms with Gasteiger partial charge in [0.1, 0.15) is 0 Å². The summed E-state index contributed by atoms with van der Waals surface area (Å²) in [6.45, 7) is 5.51. The molecule has 0 aromatic heterocycles. The minimum absolute atomic E-state index is 0.532. The van der Waals surface area contributed by atoms with Crippen molar-refractivity contribution in [2.75, 3.05) is 40.8 Å². The standard InChI is InChI=1S/C11H25N3O2S/c1-5-6-7-10-13(3)17(15,16)14(4)11-8-9-12-2/h5,12H,1,6-11H2,2-4H3. The third kappa shape index (κ3) is 6.16. The van der Waals surface area contributed by atoms with Gasteiger partial charge in [-0.2, -0.15) is 17.0 Å². The molecular formula is C11H25N3O2S. The lowest BCUT2D eigenvalue weighted by atomic mass is 10.3. The highest BCUT2D eigenvalue weighted by Crippen LogP contribution is 2.06. The minimum atomic E-state index is -3.30. The van der Waals surface area contributed by atoms with Crippen LogP contribution in [0.1, 0.15) is 19.3 Å². The van der Waals surface area contributed by atoms with Gasteiger partial charge in [0.05, 0.1) is 0 Å². The fourth-order valence-electron chi connectivity index (χ4n) is 1.41. The fourth-order valence-corrected chi connectivity index (χ4v) is 2.60. The first-order valence-corrected chi connectivity index (χ1v) is 7.29. The average Bonchev–Trinajstić information content (AvgIpc) is 2.29. The highest BCUT2D eigenvalue weighted by atomic mass is 32.2. The van der Waals surface area contributed by atoms with Gasteiger partial charge in [0.25, 0.3) is 10.2 Å². The maximum atomic E-state index is 12.0. The molecule has 0 unspecified atom stereocenters. The Balaban J connectivity index is 4.18. The average molecular weight is 263 g/mol. The van der Waals surface area contributed by atoms with Crippen LogP contribution < -0.4 is 5.32 Å². The molecule has 0 amide bonds. The first-order valence-electron chi connectivity index (χ1n) is 5.90. The summed E-state index contributed by atoms with van der Waals surface area (Å²) in [4.78, 5) is 0. The van der Waals surface area contributed by atoms with Crippen molar-refractivity contribution in [3.8, 4) is 0 Å². The normalized spacial score (nSPS) is 12.3. The van der Waals surface area contributed by atoms with Gasteiger partial charge in [0.15, 0.2) is 0 Å². The molecule has 0 saturated carbocycles. The summed E-state index contributed by atoms with van der Waals surface area (Å²) in [5.74, 6) is 0. The Bertz CT molecular complexity index is 304. The van der Waals surface area contributed by atoms with Crippen molar-refractivity contribution < 1.29 is 8.42 Å². The Morgan fingerprint density at radius 3 is 2.18 bits per heavy atom. The lowest BCUT2D eigenvalue weighted by Crippen LogP contribution is -2.40. The van der Waals surface area contributed by atoms with Crippen LogP contribution in [0.3, 0.4) is 0 Å². The Kier molecular flexibility index (Phi) is 8.41. The predicted octanol–water partition coefficient (Wildman–Crippen LogP) is 0.671. The molecule has 0 aromatic rings. The molecule has 5 nitrogen and oxygen atoms in total. The highest BCUT2D eigenvalue weighted by molar-refractivity contribution is 7.86. The molecule has 0 radical (unpaired) electrons. The van der Waals surface area contributed by atoms with Crippen LogP contribution in [-0.4, -0.2) is 57.8 Å². The van der Waals surface area contributed by atoms with E-state index >= 15 is 0 Å². The lowest BCUT2D eigenvalue weighted by molar-refractivity contribution is 0.385. The molecule has 1 N–H and O–H groups in total. The van der Waals surface area contributed by atoms with Crippen molar-refractivity contribution in [2.24, 2.45) is 0 Å². The molecular weight excluding hydrogens is 238 g/mol. The highest BCUT2D eigenvalue weighted by Gasteiger charge is 2.22. The van der Waals surface area contributed by atoms with Crippen molar-refractivity contribution in [2.45, 2.75) is 19.3 Å². The zero-order valence-corrected chi connectivity index (χ0v) is 12.0. The molecule has 0 aliphatic rings. The quantitative estimate of drug-likeness (QED) is 0.465. The second-order valence-corrected chi connectivity index (χ2v) is 6.18. The van der Waals surface area contributed by atoms with Gasteiger partial charge in [0.2, 0.25) is 0 Å². The number of nitrogens with zero attached hydrogens (tertiary/aromatic N) is 2. The Hall–Kier alpha value is -0.430. The molecule has 0 fully saturated rings. The predicted molar refractivity (Wildman–Crippen MR) is 72.2 cm³/mol. The van der Waals surface area contributed by atoms with Crippen molar-refractivity contribution in [3.63, 3.8) is 0 Å². The number of hydrogen-bond donors (Lipinski definition) is 1. The van der Waals surface area contributed by atoms with Crippen molar-refractivity contribution >= 4 is 10.2 Å². The molecule has 0 saturated heterocycles. The Morgan fingerprint density at radius 1 is 1.18 bits per heavy atom. The fraction of sp³-hybridized carbons (Fsp3) is 0.818. The molecule has 0 bridgehead atoms. The molecule has 0 aliphatic heterocycles. The summed E-state index contributed by atoms with van der Waals surface area (Å²) < 4.78 is 26.8. The van der Waals surface area contributed by atoms with E-state index < -0.39 is 10.2 Å². The summed E-state index contributed by atoms with van der Waals surface area (Å²) in [6, 6.07) is 0. The van der Waals surface area contributed by atoms with Gasteiger partial charge in [-0.25, -0.2) is 0 Å². The molecule has 0 rings (SSSR count). The van der Waals surface area contributed by atoms with Crippen LogP contribution in [0.5, 0.6) is 0 Å². The number of hydrogen-bond acceptors (Lipinski definition) is 3. The number of nitrogens with one attached hydrogen (secondary N) is 1. The van der Waals surface area contributed by atoms with Crippen molar-refractivity contribution in [1.29, 1.82) is 0 Å². The van der Waals surface area contributed by atoms with Gasteiger partial charge in [-0.1, -0.05) is 6.08 Å². The number of allylic oxidation sites excluding steroid dienone is 1. The summed E-state index contributed by atoms with van der Waals surface area (Å²) in [5.41, 5.74) is 0. The molecule has 0 heterocycles. The Morgan fingerprint density at radius 2 is 1.71 bits per heavy atom. The molecule has 102 valence electrons. The third-order valence-electron chi connectivity index (χ3n) is 2.57. The van der Waals surface area contributed by atoms with E-state index in [1.165, 1.54) is 8.61 Å². The van der Waals surface area contributed by atoms with E-state index in [0.717, 1.165) is 25.8 Å². The van der Waals surface area contributed by atoms with Gasteiger partial charge >= 0.3 is 0 Å². The number of rotatable bonds is 10. The maximum absolute atomic E-state index is 12.0. The van der Waals surface area contributed by atoms with E-state index in [2.05, 4.69) is 11.9 Å². The van der Waals surface area contributed by atoms with Gasteiger partial charge in [-0.15, -0.1) is 6.58 Å². The van der Waals surface area contributed by atoms with E-state index in [4.69, 9.17) is 0 Å². The summed E-state index contributed by atoms with van der Waals surface area (Å²) >= 11 is 0. The Labute approximate surface area is 106 Å². The molecule has 6 heteroatoms. The SMILES string of the molecule is C=CCCCN(C)S(=O)(=O)N(C)CCCNC. The van der Waals surface area contributed by atoms with Crippen LogP contribution in [0, 0.1) is 0 Å². The van der Waals surface area contributed by atoms with Crippen molar-refractivity contribution in [1.82, 2.24) is 13.9 Å². The molecule has 0 spiro atoms. The van der Waals surface area contributed by atoms with Crippen LogP contribution >= 0.6 is 0 Å². The van der Waals surface area contributed by atoms with Crippen LogP contribution in [0.15, 0.2) is 12.7 Å². The smallest absolute Gasteiger partial charge is 0.281 e. The number of unbranched alkanes of at least 4 members (excludes halogenated alkanes) is 1. The van der Waals surface area contributed by atoms with Crippen LogP contribution in [0.2, 0.25) is 0 Å². The van der Waals surface area contributed by atoms with Crippen molar-refractivity contribution in [3.05, 3.63) is 12.7 Å². The first-order chi connectivity index (χ1) is 7.96. The molecule has 17 heavy (non-hydrogen) atoms. The second kappa shape index (κ2) is 8.63. The first kappa shape index (κ1) is 16.6. The summed E-state index contributed by atoms with van der Waals surface area (Å²) in [5, 5.41) is 3.00. The van der Waals surface area contributed by atoms with E-state index in [9.17, 15) is 8.42 Å². The second-order valence-electron chi connectivity index (χ2n) is 4.04. The van der Waals surface area contributed by atoms with E-state index in [0.29, 0.717) is 13.1 Å².